The van der Waals surface area contributed by atoms with Crippen LogP contribution in [0.2, 0.25) is 0 Å². The molecule has 1 aliphatic heterocycles. The van der Waals surface area contributed by atoms with Crippen molar-refractivity contribution < 1.29 is 14.6 Å². The Kier molecular flexibility index (Phi) is 6.36. The molecule has 144 valence electrons. The highest BCUT2D eigenvalue weighted by Crippen LogP contribution is 2.21. The maximum absolute atomic E-state index is 12.7. The molecule has 1 atom stereocenters. The van der Waals surface area contributed by atoms with Gasteiger partial charge in [0.25, 0.3) is 5.91 Å². The highest BCUT2D eigenvalue weighted by molar-refractivity contribution is 5.94. The minimum absolute atomic E-state index is 0.0374. The van der Waals surface area contributed by atoms with Crippen LogP contribution in [-0.2, 0) is 4.74 Å². The number of hydrogen-bond acceptors (Lipinski definition) is 6. The lowest BCUT2D eigenvalue weighted by Crippen LogP contribution is -2.42. The number of likely N-dealkylation sites (tertiary alicyclic amines) is 1. The Morgan fingerprint density at radius 2 is 2.04 bits per heavy atom. The van der Waals surface area contributed by atoms with Crippen LogP contribution in [0.1, 0.15) is 23.2 Å². The van der Waals surface area contributed by atoms with Gasteiger partial charge in [-0.15, -0.1) is 10.2 Å². The zero-order valence-corrected chi connectivity index (χ0v) is 15.8. The average molecular weight is 370 g/mol. The monoisotopic (exact) mass is 370 g/mol. The normalized spacial score (nSPS) is 17.0. The summed E-state index contributed by atoms with van der Waals surface area (Å²) in [5.41, 5.74) is 2.32. The van der Waals surface area contributed by atoms with Crippen molar-refractivity contribution >= 4 is 11.7 Å². The van der Waals surface area contributed by atoms with Crippen molar-refractivity contribution in [2.24, 2.45) is 0 Å². The molecular weight excluding hydrogens is 344 g/mol. The molecule has 0 aliphatic carbocycles. The van der Waals surface area contributed by atoms with Gasteiger partial charge in [0.2, 0.25) is 0 Å². The molecule has 2 heterocycles. The smallest absolute Gasteiger partial charge is 0.253 e. The molecule has 0 radical (unpaired) electrons. The van der Waals surface area contributed by atoms with Crippen molar-refractivity contribution in [1.29, 1.82) is 0 Å². The maximum Gasteiger partial charge on any atom is 0.253 e. The minimum Gasteiger partial charge on any atom is -0.395 e. The number of hydrogen-bond donors (Lipinski definition) is 1. The number of rotatable bonds is 6. The predicted molar refractivity (Wildman–Crippen MR) is 104 cm³/mol. The lowest BCUT2D eigenvalue weighted by Gasteiger charge is -2.32. The van der Waals surface area contributed by atoms with Gasteiger partial charge in [0.1, 0.15) is 0 Å². The third-order valence-corrected chi connectivity index (χ3v) is 4.90. The second-order valence-electron chi connectivity index (χ2n) is 6.75. The Morgan fingerprint density at radius 3 is 2.67 bits per heavy atom. The number of nitrogens with zero attached hydrogens (tertiary/aromatic N) is 4. The summed E-state index contributed by atoms with van der Waals surface area (Å²) in [6, 6.07) is 11.2. The van der Waals surface area contributed by atoms with E-state index >= 15 is 0 Å². The number of piperidine rings is 1. The zero-order valence-electron chi connectivity index (χ0n) is 15.8. The lowest BCUT2D eigenvalue weighted by atomic mass is 10.0. The molecule has 1 aromatic carbocycles. The molecule has 1 amide bonds. The van der Waals surface area contributed by atoms with Gasteiger partial charge in [0, 0.05) is 44.9 Å². The van der Waals surface area contributed by atoms with Gasteiger partial charge in [0.05, 0.1) is 18.4 Å². The minimum atomic E-state index is 0.0374. The number of methoxy groups -OCH3 is 1. The number of aliphatic hydroxyl groups is 1. The van der Waals surface area contributed by atoms with Gasteiger partial charge in [-0.25, -0.2) is 0 Å². The number of likely N-dealkylation sites (N-methyl/N-ethyl adjacent to an activating group) is 1. The number of aliphatic hydroxyl groups excluding tert-OH is 1. The van der Waals surface area contributed by atoms with Crippen LogP contribution >= 0.6 is 0 Å². The van der Waals surface area contributed by atoms with E-state index in [2.05, 4.69) is 10.2 Å². The molecule has 0 unspecified atom stereocenters. The van der Waals surface area contributed by atoms with Crippen LogP contribution in [0.25, 0.3) is 11.3 Å². The highest BCUT2D eigenvalue weighted by Gasteiger charge is 2.24. The maximum atomic E-state index is 12.7. The number of benzene rings is 1. The van der Waals surface area contributed by atoms with Crippen molar-refractivity contribution in [3.8, 4) is 11.3 Å². The summed E-state index contributed by atoms with van der Waals surface area (Å²) in [6.07, 6.45) is 2.09. The Morgan fingerprint density at radius 1 is 1.26 bits per heavy atom. The molecule has 0 bridgehead atoms. The number of carbonyl (C=O) groups is 1. The van der Waals surface area contributed by atoms with Crippen LogP contribution in [0.5, 0.6) is 0 Å². The molecule has 1 N–H and O–H groups in total. The predicted octanol–water partition coefficient (Wildman–Crippen LogP) is 1.82. The van der Waals surface area contributed by atoms with Crippen molar-refractivity contribution in [2.75, 3.05) is 45.3 Å². The van der Waals surface area contributed by atoms with Gasteiger partial charge in [-0.1, -0.05) is 12.1 Å². The summed E-state index contributed by atoms with van der Waals surface area (Å²) in [5, 5.41) is 17.4. The number of anilines is 1. The summed E-state index contributed by atoms with van der Waals surface area (Å²) in [6.45, 7) is 1.99. The van der Waals surface area contributed by atoms with Crippen LogP contribution in [0.3, 0.4) is 0 Å². The summed E-state index contributed by atoms with van der Waals surface area (Å²) in [7, 11) is 3.55. The fourth-order valence-electron chi connectivity index (χ4n) is 3.23. The summed E-state index contributed by atoms with van der Waals surface area (Å²) in [5.74, 6) is 0.743. The van der Waals surface area contributed by atoms with Crippen LogP contribution in [0.4, 0.5) is 5.82 Å². The van der Waals surface area contributed by atoms with Crippen molar-refractivity contribution in [1.82, 2.24) is 15.1 Å². The molecule has 1 aliphatic rings. The van der Waals surface area contributed by atoms with Crippen LogP contribution < -0.4 is 4.90 Å². The Hall–Kier alpha value is -2.51. The first-order valence-corrected chi connectivity index (χ1v) is 9.20. The van der Waals surface area contributed by atoms with E-state index in [1.54, 1.807) is 7.11 Å². The van der Waals surface area contributed by atoms with Gasteiger partial charge in [0.15, 0.2) is 5.82 Å². The molecule has 1 fully saturated rings. The van der Waals surface area contributed by atoms with Gasteiger partial charge in [-0.05, 0) is 37.1 Å². The fraction of sp³-hybridized carbons (Fsp3) is 0.450. The topological polar surface area (TPSA) is 78.8 Å². The Balaban J connectivity index is 1.69. The zero-order chi connectivity index (χ0) is 19.2. The van der Waals surface area contributed by atoms with E-state index in [0.717, 1.165) is 30.6 Å². The Bertz CT molecular complexity index is 749. The molecular formula is C20H26N4O3. The molecule has 0 saturated carbocycles. The first-order chi connectivity index (χ1) is 13.1. The summed E-state index contributed by atoms with van der Waals surface area (Å²) in [4.78, 5) is 16.4. The lowest BCUT2D eigenvalue weighted by molar-refractivity contribution is 0.0269. The van der Waals surface area contributed by atoms with Gasteiger partial charge >= 0.3 is 0 Å². The first-order valence-electron chi connectivity index (χ1n) is 9.20. The van der Waals surface area contributed by atoms with Crippen LogP contribution in [-0.4, -0.2) is 72.6 Å². The molecule has 2 aromatic rings. The molecule has 27 heavy (non-hydrogen) atoms. The van der Waals surface area contributed by atoms with E-state index in [-0.39, 0.29) is 18.6 Å². The van der Waals surface area contributed by atoms with E-state index in [0.29, 0.717) is 24.5 Å². The van der Waals surface area contributed by atoms with Gasteiger partial charge < -0.3 is 19.6 Å². The van der Waals surface area contributed by atoms with Gasteiger partial charge in [-0.3, -0.25) is 4.79 Å². The first kappa shape index (κ1) is 19.3. The molecule has 7 heteroatoms. The van der Waals surface area contributed by atoms with E-state index in [4.69, 9.17) is 9.84 Å². The third kappa shape index (κ3) is 4.61. The molecule has 3 rings (SSSR count). The standard InChI is InChI=1S/C20H26N4O3/c1-23(12-13-25)19-10-9-18(21-22-19)15-5-7-16(8-6-15)20(26)24-11-3-4-17(14-24)27-2/h5-10,17,25H,3-4,11-14H2,1-2H3/t17-/m1/s1. The number of carbonyl (C=O) groups excluding carboxylic acids is 1. The largest absolute Gasteiger partial charge is 0.395 e. The van der Waals surface area contributed by atoms with Crippen molar-refractivity contribution in [3.05, 3.63) is 42.0 Å². The van der Waals surface area contributed by atoms with E-state index in [9.17, 15) is 4.79 Å². The summed E-state index contributed by atoms with van der Waals surface area (Å²) >= 11 is 0. The van der Waals surface area contributed by atoms with E-state index in [1.165, 1.54) is 0 Å². The molecule has 7 nitrogen and oxygen atoms in total. The summed E-state index contributed by atoms with van der Waals surface area (Å²) < 4.78 is 5.40. The Labute approximate surface area is 159 Å². The molecule has 1 aromatic heterocycles. The van der Waals surface area contributed by atoms with Crippen molar-refractivity contribution in [3.63, 3.8) is 0 Å². The fourth-order valence-corrected chi connectivity index (χ4v) is 3.23. The van der Waals surface area contributed by atoms with E-state index < -0.39 is 0 Å². The number of ether oxygens (including phenoxy) is 1. The second-order valence-corrected chi connectivity index (χ2v) is 6.75. The SMILES string of the molecule is CO[C@@H]1CCCN(C(=O)c2ccc(-c3ccc(N(C)CCO)nn3)cc2)C1. The quantitative estimate of drug-likeness (QED) is 0.836. The molecule has 0 spiro atoms. The van der Waals surface area contributed by atoms with Crippen LogP contribution in [0, 0.1) is 0 Å². The van der Waals surface area contributed by atoms with Crippen LogP contribution in [0.15, 0.2) is 36.4 Å². The average Bonchev–Trinajstić information content (AvgIpc) is 2.73. The van der Waals surface area contributed by atoms with Gasteiger partial charge in [-0.2, -0.15) is 0 Å². The van der Waals surface area contributed by atoms with Crippen molar-refractivity contribution in [2.45, 2.75) is 18.9 Å². The number of amides is 1. The molecule has 1 saturated heterocycles. The number of aromatic nitrogens is 2. The third-order valence-electron chi connectivity index (χ3n) is 4.90. The van der Waals surface area contributed by atoms with E-state index in [1.807, 2.05) is 53.2 Å². The second kappa shape index (κ2) is 8.92. The highest BCUT2D eigenvalue weighted by atomic mass is 16.5.